The second kappa shape index (κ2) is 7.82. The summed E-state index contributed by atoms with van der Waals surface area (Å²) in [7, 11) is 0. The molecular weight excluding hydrogens is 458 g/mol. The molecule has 0 saturated carbocycles. The van der Waals surface area contributed by atoms with Crippen molar-refractivity contribution in [1.82, 2.24) is 29.3 Å². The number of hydrogen-bond donors (Lipinski definition) is 2. The molecule has 1 atom stereocenters. The molecular formula is C22H22ClN9S. The Bertz CT molecular complexity index is 1350. The van der Waals surface area contributed by atoms with Gasteiger partial charge in [0.15, 0.2) is 5.65 Å². The van der Waals surface area contributed by atoms with Gasteiger partial charge in [-0.2, -0.15) is 0 Å². The van der Waals surface area contributed by atoms with Gasteiger partial charge in [-0.3, -0.25) is 14.4 Å². The quantitative estimate of drug-likeness (QED) is 0.455. The van der Waals surface area contributed by atoms with Gasteiger partial charge in [-0.1, -0.05) is 23.4 Å². The van der Waals surface area contributed by atoms with Gasteiger partial charge in [-0.15, -0.1) is 0 Å². The minimum Gasteiger partial charge on any atom is -0.382 e. The lowest BCUT2D eigenvalue weighted by molar-refractivity contribution is 0.184. The highest BCUT2D eigenvalue weighted by Gasteiger charge is 2.47. The normalized spacial score (nSPS) is 19.3. The first-order chi connectivity index (χ1) is 16.1. The number of halogens is 1. The lowest BCUT2D eigenvalue weighted by atomic mass is 9.73. The molecule has 1 spiro atoms. The van der Waals surface area contributed by atoms with Gasteiger partial charge < -0.3 is 16.4 Å². The number of nitrogen functional groups attached to an aromatic ring is 1. The van der Waals surface area contributed by atoms with Crippen LogP contribution in [0.15, 0.2) is 53.0 Å². The fourth-order valence-corrected chi connectivity index (χ4v) is 6.11. The molecule has 0 amide bonds. The molecule has 2 aliphatic rings. The fraction of sp³-hybridized carbons (Fsp3) is 0.318. The summed E-state index contributed by atoms with van der Waals surface area (Å²) >= 11 is 7.82. The third kappa shape index (κ3) is 3.32. The zero-order chi connectivity index (χ0) is 22.6. The van der Waals surface area contributed by atoms with Gasteiger partial charge in [-0.05, 0) is 25.3 Å². The standard InChI is InChI=1S/C22H22ClN9S/c23-16-14(1-4-28-19(16)25)33-15-12-30-21(32-10-7-29-20(15)32)31-8-2-22(3-9-31)11-13-17(18(22)24)27-6-5-26-13/h1,4-7,10,12,18H,2-3,8-9,11,24H2,(H2,25,28)/t18-/m1/s1. The Balaban J connectivity index is 1.25. The van der Waals surface area contributed by atoms with E-state index in [4.69, 9.17) is 28.1 Å². The highest BCUT2D eigenvalue weighted by molar-refractivity contribution is 7.99. The van der Waals surface area contributed by atoms with E-state index in [0.29, 0.717) is 10.8 Å². The van der Waals surface area contributed by atoms with E-state index >= 15 is 0 Å². The van der Waals surface area contributed by atoms with Gasteiger partial charge in [0.1, 0.15) is 5.82 Å². The van der Waals surface area contributed by atoms with Gasteiger partial charge in [-0.25, -0.2) is 15.0 Å². The summed E-state index contributed by atoms with van der Waals surface area (Å²) in [6.07, 6.45) is 13.5. The number of rotatable bonds is 3. The maximum atomic E-state index is 6.65. The van der Waals surface area contributed by atoms with Crippen molar-refractivity contribution in [1.29, 1.82) is 0 Å². The van der Waals surface area contributed by atoms with E-state index in [1.807, 2.05) is 22.9 Å². The van der Waals surface area contributed by atoms with E-state index in [-0.39, 0.29) is 11.5 Å². The fourth-order valence-electron chi connectivity index (χ4n) is 4.97. The van der Waals surface area contributed by atoms with Crippen LogP contribution in [0.5, 0.6) is 0 Å². The molecule has 168 valence electrons. The Hall–Kier alpha value is -2.95. The van der Waals surface area contributed by atoms with Crippen molar-refractivity contribution in [2.24, 2.45) is 11.1 Å². The molecule has 33 heavy (non-hydrogen) atoms. The van der Waals surface area contributed by atoms with Gasteiger partial charge in [0, 0.05) is 60.6 Å². The molecule has 0 unspecified atom stereocenters. The molecule has 11 heteroatoms. The van der Waals surface area contributed by atoms with E-state index in [0.717, 1.165) is 65.1 Å². The van der Waals surface area contributed by atoms with Crippen molar-refractivity contribution >= 4 is 40.8 Å². The average molecular weight is 480 g/mol. The molecule has 0 radical (unpaired) electrons. The largest absolute Gasteiger partial charge is 0.382 e. The van der Waals surface area contributed by atoms with Crippen LogP contribution in [0.3, 0.4) is 0 Å². The summed E-state index contributed by atoms with van der Waals surface area (Å²) in [4.78, 5) is 26.5. The molecule has 1 fully saturated rings. The van der Waals surface area contributed by atoms with Crippen LogP contribution >= 0.6 is 23.4 Å². The van der Waals surface area contributed by atoms with Crippen molar-refractivity contribution in [3.05, 3.63) is 59.7 Å². The molecule has 4 aromatic rings. The lowest BCUT2D eigenvalue weighted by Crippen LogP contribution is -2.45. The van der Waals surface area contributed by atoms with Crippen molar-refractivity contribution in [2.75, 3.05) is 23.7 Å². The molecule has 4 aromatic heterocycles. The van der Waals surface area contributed by atoms with Crippen LogP contribution in [0.25, 0.3) is 5.65 Å². The molecule has 5 heterocycles. The highest BCUT2D eigenvalue weighted by atomic mass is 35.5. The number of piperidine rings is 1. The first-order valence-corrected chi connectivity index (χ1v) is 12.0. The summed E-state index contributed by atoms with van der Waals surface area (Å²) in [5.74, 6) is 1.19. The number of pyridine rings is 1. The van der Waals surface area contributed by atoms with E-state index in [1.165, 1.54) is 11.8 Å². The predicted octanol–water partition coefficient (Wildman–Crippen LogP) is 3.14. The Labute approximate surface area is 199 Å². The second-order valence-electron chi connectivity index (χ2n) is 8.55. The number of hydrogen-bond acceptors (Lipinski definition) is 9. The first-order valence-electron chi connectivity index (χ1n) is 10.8. The Morgan fingerprint density at radius 1 is 1.00 bits per heavy atom. The number of fused-ring (bicyclic) bond motifs is 2. The molecule has 4 N–H and O–H groups in total. The summed E-state index contributed by atoms with van der Waals surface area (Å²) in [6.45, 7) is 1.72. The topological polar surface area (TPSA) is 124 Å². The van der Waals surface area contributed by atoms with Crippen LogP contribution < -0.4 is 16.4 Å². The van der Waals surface area contributed by atoms with E-state index < -0.39 is 0 Å². The SMILES string of the molecule is Nc1nccc(Sc2cnc(N3CCC4(CC3)Cc3nccnc3[C@H]4N)n3ccnc23)c1Cl. The Morgan fingerprint density at radius 2 is 1.82 bits per heavy atom. The molecule has 0 aromatic carbocycles. The van der Waals surface area contributed by atoms with Crippen LogP contribution in [-0.4, -0.2) is 42.4 Å². The van der Waals surface area contributed by atoms with E-state index in [1.54, 1.807) is 24.8 Å². The Kier molecular flexibility index (Phi) is 4.89. The summed E-state index contributed by atoms with van der Waals surface area (Å²) in [6, 6.07) is 1.77. The van der Waals surface area contributed by atoms with E-state index in [2.05, 4.69) is 24.8 Å². The monoisotopic (exact) mass is 479 g/mol. The Morgan fingerprint density at radius 3 is 2.64 bits per heavy atom. The van der Waals surface area contributed by atoms with Gasteiger partial charge in [0.2, 0.25) is 5.95 Å². The van der Waals surface area contributed by atoms with Crippen LogP contribution in [0.4, 0.5) is 11.8 Å². The third-order valence-electron chi connectivity index (χ3n) is 6.80. The number of nitrogens with two attached hydrogens (primary N) is 2. The van der Waals surface area contributed by atoms with Crippen LogP contribution in [-0.2, 0) is 6.42 Å². The molecule has 6 rings (SSSR count). The smallest absolute Gasteiger partial charge is 0.211 e. The maximum Gasteiger partial charge on any atom is 0.211 e. The zero-order valence-corrected chi connectivity index (χ0v) is 19.3. The molecule has 9 nitrogen and oxygen atoms in total. The average Bonchev–Trinajstić information content (AvgIpc) is 3.42. The van der Waals surface area contributed by atoms with Crippen molar-refractivity contribution in [3.63, 3.8) is 0 Å². The summed E-state index contributed by atoms with van der Waals surface area (Å²) in [5.41, 5.74) is 15.4. The van der Waals surface area contributed by atoms with Crippen molar-refractivity contribution in [2.45, 2.75) is 35.1 Å². The maximum absolute atomic E-state index is 6.65. The number of imidazole rings is 1. The first kappa shape index (κ1) is 20.6. The molecule has 1 aliphatic carbocycles. The molecule has 1 saturated heterocycles. The zero-order valence-electron chi connectivity index (χ0n) is 17.7. The number of anilines is 2. The number of aromatic nitrogens is 6. The van der Waals surface area contributed by atoms with Crippen LogP contribution in [0.1, 0.15) is 30.3 Å². The van der Waals surface area contributed by atoms with Gasteiger partial charge in [0.05, 0.1) is 27.3 Å². The van der Waals surface area contributed by atoms with Crippen LogP contribution in [0, 0.1) is 5.41 Å². The van der Waals surface area contributed by atoms with Crippen LogP contribution in [0.2, 0.25) is 5.02 Å². The minimum absolute atomic E-state index is 0.0159. The molecule has 1 aliphatic heterocycles. The summed E-state index contributed by atoms with van der Waals surface area (Å²) in [5, 5.41) is 0.440. The van der Waals surface area contributed by atoms with Crippen molar-refractivity contribution in [3.8, 4) is 0 Å². The second-order valence-corrected chi connectivity index (χ2v) is 10.0. The van der Waals surface area contributed by atoms with Crippen molar-refractivity contribution < 1.29 is 0 Å². The predicted molar refractivity (Wildman–Crippen MR) is 127 cm³/mol. The molecule has 0 bridgehead atoms. The van der Waals surface area contributed by atoms with Gasteiger partial charge >= 0.3 is 0 Å². The van der Waals surface area contributed by atoms with Gasteiger partial charge in [0.25, 0.3) is 0 Å². The summed E-state index contributed by atoms with van der Waals surface area (Å²) < 4.78 is 2.03. The highest BCUT2D eigenvalue weighted by Crippen LogP contribution is 2.49. The number of nitrogens with zero attached hydrogens (tertiary/aromatic N) is 7. The third-order valence-corrected chi connectivity index (χ3v) is 8.37. The van der Waals surface area contributed by atoms with E-state index in [9.17, 15) is 0 Å². The minimum atomic E-state index is -0.0686. The lowest BCUT2D eigenvalue weighted by Gasteiger charge is -2.42.